The molecule has 1 amide bonds. The molecule has 3 aromatic rings. The number of hydrogen-bond acceptors (Lipinski definition) is 4. The van der Waals surface area contributed by atoms with Gasteiger partial charge < -0.3 is 9.64 Å². The second-order valence-corrected chi connectivity index (χ2v) is 7.96. The van der Waals surface area contributed by atoms with Crippen molar-refractivity contribution in [3.63, 3.8) is 0 Å². The highest BCUT2D eigenvalue weighted by atomic mass is 35.5. The van der Waals surface area contributed by atoms with Gasteiger partial charge in [-0.25, -0.2) is 4.68 Å². The zero-order valence-corrected chi connectivity index (χ0v) is 17.8. The van der Waals surface area contributed by atoms with Crippen LogP contribution >= 0.6 is 11.6 Å². The highest BCUT2D eigenvalue weighted by Gasteiger charge is 2.23. The second-order valence-electron chi connectivity index (χ2n) is 7.53. The first-order valence-electron chi connectivity index (χ1n) is 10.1. The zero-order chi connectivity index (χ0) is 20.9. The standard InChI is InChI=1S/C23H25ClN4O2/c1-18-5-7-19(8-6-18)16-26-11-13-27(14-12-26)23(29)22-9-10-28(25-22)17-30-21-4-2-3-20(24)15-21/h2-10,15H,11-14,16-17H2,1H3. The smallest absolute Gasteiger partial charge is 0.274 e. The minimum Gasteiger partial charge on any atom is -0.471 e. The number of hydrogen-bond donors (Lipinski definition) is 0. The van der Waals surface area contributed by atoms with Crippen molar-refractivity contribution in [3.8, 4) is 5.75 Å². The molecule has 0 radical (unpaired) electrons. The molecule has 0 spiro atoms. The van der Waals surface area contributed by atoms with Crippen LogP contribution in [-0.4, -0.2) is 51.7 Å². The third-order valence-corrected chi connectivity index (χ3v) is 5.44. The summed E-state index contributed by atoms with van der Waals surface area (Å²) in [5.41, 5.74) is 3.02. The Morgan fingerprint density at radius 2 is 1.83 bits per heavy atom. The molecule has 156 valence electrons. The van der Waals surface area contributed by atoms with Gasteiger partial charge in [0.25, 0.3) is 5.91 Å². The molecule has 0 atom stereocenters. The van der Waals surface area contributed by atoms with Crippen LogP contribution in [0.25, 0.3) is 0 Å². The summed E-state index contributed by atoms with van der Waals surface area (Å²) in [6, 6.07) is 17.6. The van der Waals surface area contributed by atoms with Crippen LogP contribution in [0.4, 0.5) is 0 Å². The van der Waals surface area contributed by atoms with Crippen molar-refractivity contribution < 1.29 is 9.53 Å². The number of carbonyl (C=O) groups excluding carboxylic acids is 1. The van der Waals surface area contributed by atoms with E-state index in [0.29, 0.717) is 29.6 Å². The van der Waals surface area contributed by atoms with Crippen LogP contribution in [0.5, 0.6) is 5.75 Å². The van der Waals surface area contributed by atoms with Gasteiger partial charge in [-0.1, -0.05) is 47.5 Å². The minimum atomic E-state index is -0.0357. The second kappa shape index (κ2) is 9.32. The maximum absolute atomic E-state index is 12.8. The first-order valence-corrected chi connectivity index (χ1v) is 10.4. The summed E-state index contributed by atoms with van der Waals surface area (Å²) < 4.78 is 7.29. The van der Waals surface area contributed by atoms with E-state index in [4.69, 9.17) is 16.3 Å². The average Bonchev–Trinajstić information content (AvgIpc) is 3.23. The lowest BCUT2D eigenvalue weighted by Gasteiger charge is -2.34. The number of nitrogens with zero attached hydrogens (tertiary/aromatic N) is 4. The third-order valence-electron chi connectivity index (χ3n) is 5.21. The predicted molar refractivity (Wildman–Crippen MR) is 117 cm³/mol. The van der Waals surface area contributed by atoms with Gasteiger partial charge in [0.05, 0.1) is 0 Å². The third kappa shape index (κ3) is 5.20. The number of carbonyl (C=O) groups is 1. The number of piperazine rings is 1. The fraction of sp³-hybridized carbons (Fsp3) is 0.304. The Bertz CT molecular complexity index is 994. The molecule has 7 heteroatoms. The molecule has 2 heterocycles. The normalized spacial score (nSPS) is 14.7. The summed E-state index contributed by atoms with van der Waals surface area (Å²) in [5, 5.41) is 4.99. The number of rotatable bonds is 6. The maximum atomic E-state index is 12.8. The van der Waals surface area contributed by atoms with E-state index in [9.17, 15) is 4.79 Å². The van der Waals surface area contributed by atoms with Gasteiger partial charge in [-0.3, -0.25) is 9.69 Å². The van der Waals surface area contributed by atoms with Gasteiger partial charge in [0.2, 0.25) is 0 Å². The molecule has 1 aliphatic heterocycles. The monoisotopic (exact) mass is 424 g/mol. The van der Waals surface area contributed by atoms with Gasteiger partial charge >= 0.3 is 0 Å². The summed E-state index contributed by atoms with van der Waals surface area (Å²) in [7, 11) is 0. The Morgan fingerprint density at radius 3 is 2.57 bits per heavy atom. The predicted octanol–water partition coefficient (Wildman–Crippen LogP) is 3.84. The van der Waals surface area contributed by atoms with Crippen LogP contribution in [0.15, 0.2) is 60.8 Å². The minimum absolute atomic E-state index is 0.0357. The summed E-state index contributed by atoms with van der Waals surface area (Å²) in [6.07, 6.45) is 1.76. The van der Waals surface area contributed by atoms with E-state index >= 15 is 0 Å². The van der Waals surface area contributed by atoms with Crippen LogP contribution in [0.3, 0.4) is 0 Å². The molecule has 30 heavy (non-hydrogen) atoms. The van der Waals surface area contributed by atoms with Crippen molar-refractivity contribution in [3.05, 3.63) is 82.6 Å². The molecule has 0 bridgehead atoms. The molecule has 0 unspecified atom stereocenters. The Balaban J connectivity index is 1.27. The number of halogens is 1. The Kier molecular flexibility index (Phi) is 6.35. The summed E-state index contributed by atoms with van der Waals surface area (Å²) in [6.45, 7) is 6.36. The summed E-state index contributed by atoms with van der Waals surface area (Å²) in [5.74, 6) is 0.627. The largest absolute Gasteiger partial charge is 0.471 e. The van der Waals surface area contributed by atoms with E-state index in [0.717, 1.165) is 19.6 Å². The van der Waals surface area contributed by atoms with Crippen LogP contribution < -0.4 is 4.74 Å². The highest BCUT2D eigenvalue weighted by molar-refractivity contribution is 6.30. The van der Waals surface area contributed by atoms with Crippen molar-refractivity contribution in [2.24, 2.45) is 0 Å². The van der Waals surface area contributed by atoms with Gasteiger partial charge in [0.15, 0.2) is 12.4 Å². The number of aromatic nitrogens is 2. The van der Waals surface area contributed by atoms with Crippen molar-refractivity contribution >= 4 is 17.5 Å². The van der Waals surface area contributed by atoms with E-state index in [2.05, 4.69) is 41.2 Å². The number of ether oxygens (including phenoxy) is 1. The van der Waals surface area contributed by atoms with Crippen LogP contribution in [0.1, 0.15) is 21.6 Å². The summed E-state index contributed by atoms with van der Waals surface area (Å²) >= 11 is 5.96. The molecule has 0 aliphatic carbocycles. The van der Waals surface area contributed by atoms with Crippen LogP contribution in [-0.2, 0) is 13.3 Å². The summed E-state index contributed by atoms with van der Waals surface area (Å²) in [4.78, 5) is 17.1. The van der Waals surface area contributed by atoms with Gasteiger partial charge in [0, 0.05) is 43.9 Å². The van der Waals surface area contributed by atoms with Gasteiger partial charge in [0.1, 0.15) is 5.75 Å². The quantitative estimate of drug-likeness (QED) is 0.603. The molecule has 1 saturated heterocycles. The molecule has 4 rings (SSSR count). The number of benzene rings is 2. The van der Waals surface area contributed by atoms with Crippen molar-refractivity contribution in [2.45, 2.75) is 20.2 Å². The first-order chi connectivity index (χ1) is 14.6. The maximum Gasteiger partial charge on any atom is 0.274 e. The fourth-order valence-electron chi connectivity index (χ4n) is 3.47. The molecule has 1 aromatic heterocycles. The lowest BCUT2D eigenvalue weighted by atomic mass is 10.1. The van der Waals surface area contributed by atoms with Crippen LogP contribution in [0.2, 0.25) is 5.02 Å². The SMILES string of the molecule is Cc1ccc(CN2CCN(C(=O)c3ccn(COc4cccc(Cl)c4)n3)CC2)cc1. The lowest BCUT2D eigenvalue weighted by Crippen LogP contribution is -2.48. The number of amides is 1. The van der Waals surface area contributed by atoms with E-state index < -0.39 is 0 Å². The lowest BCUT2D eigenvalue weighted by molar-refractivity contribution is 0.0621. The topological polar surface area (TPSA) is 50.6 Å². The molecule has 0 saturated carbocycles. The van der Waals surface area contributed by atoms with Crippen molar-refractivity contribution in [1.82, 2.24) is 19.6 Å². The molecular formula is C23H25ClN4O2. The Hall–Kier alpha value is -2.83. The van der Waals surface area contributed by atoms with Crippen molar-refractivity contribution in [1.29, 1.82) is 0 Å². The van der Waals surface area contributed by atoms with Crippen LogP contribution in [0, 0.1) is 6.92 Å². The van der Waals surface area contributed by atoms with E-state index in [-0.39, 0.29) is 12.6 Å². The molecule has 6 nitrogen and oxygen atoms in total. The zero-order valence-electron chi connectivity index (χ0n) is 17.0. The molecule has 2 aromatic carbocycles. The van der Waals surface area contributed by atoms with E-state index in [1.807, 2.05) is 17.0 Å². The van der Waals surface area contributed by atoms with Crippen molar-refractivity contribution in [2.75, 3.05) is 26.2 Å². The molecule has 1 fully saturated rings. The number of aryl methyl sites for hydroxylation is 1. The first kappa shape index (κ1) is 20.4. The molecule has 1 aliphatic rings. The van der Waals surface area contributed by atoms with Gasteiger partial charge in [-0.05, 0) is 36.8 Å². The average molecular weight is 425 g/mol. The van der Waals surface area contributed by atoms with Gasteiger partial charge in [-0.2, -0.15) is 5.10 Å². The van der Waals surface area contributed by atoms with Gasteiger partial charge in [-0.15, -0.1) is 0 Å². The Labute approximate surface area is 181 Å². The van der Waals surface area contributed by atoms with E-state index in [1.54, 1.807) is 29.1 Å². The molecule has 0 N–H and O–H groups in total. The van der Waals surface area contributed by atoms with E-state index in [1.165, 1.54) is 11.1 Å². The molecular weight excluding hydrogens is 400 g/mol. The fourth-order valence-corrected chi connectivity index (χ4v) is 3.65. The Morgan fingerprint density at radius 1 is 1.07 bits per heavy atom. The highest BCUT2D eigenvalue weighted by Crippen LogP contribution is 2.17.